The molecule has 140 valence electrons. The largest absolute Gasteiger partial charge is 0.479 e. The van der Waals surface area contributed by atoms with Crippen molar-refractivity contribution in [2.45, 2.75) is 13.0 Å². The molecule has 0 spiro atoms. The second-order valence-corrected chi connectivity index (χ2v) is 6.32. The van der Waals surface area contributed by atoms with Crippen molar-refractivity contribution in [1.29, 1.82) is 0 Å². The highest BCUT2D eigenvalue weighted by Gasteiger charge is 2.29. The van der Waals surface area contributed by atoms with Gasteiger partial charge in [-0.2, -0.15) is 0 Å². The van der Waals surface area contributed by atoms with E-state index in [1.807, 2.05) is 19.1 Å². The Morgan fingerprint density at radius 2 is 1.39 bits per heavy atom. The molecule has 1 atom stereocenters. The molecule has 0 aliphatic heterocycles. The van der Waals surface area contributed by atoms with E-state index < -0.39 is 12.0 Å². The standard InChI is InChI=1S/C22H18N2O4/c1-15-7-9-17(10-8-15)21(25)18-11-13-19(14-12-18)24(23-28)20(22(26)27)16-5-3-2-4-6-16/h2-14,20H,1H3,(H,26,27). The number of carbonyl (C=O) groups excluding carboxylic acids is 1. The van der Waals surface area contributed by atoms with E-state index in [4.69, 9.17) is 0 Å². The van der Waals surface area contributed by atoms with E-state index in [9.17, 15) is 19.6 Å². The predicted molar refractivity (Wildman–Crippen MR) is 106 cm³/mol. The Kier molecular flexibility index (Phi) is 5.60. The molecule has 0 aliphatic carbocycles. The number of aryl methyl sites for hydroxylation is 1. The van der Waals surface area contributed by atoms with Crippen molar-refractivity contribution in [3.8, 4) is 0 Å². The molecule has 0 bridgehead atoms. The van der Waals surface area contributed by atoms with Crippen LogP contribution >= 0.6 is 0 Å². The highest BCUT2D eigenvalue weighted by atomic mass is 16.4. The van der Waals surface area contributed by atoms with E-state index in [0.29, 0.717) is 16.7 Å². The van der Waals surface area contributed by atoms with Gasteiger partial charge in [-0.1, -0.05) is 60.2 Å². The molecule has 0 radical (unpaired) electrons. The van der Waals surface area contributed by atoms with Gasteiger partial charge in [0.2, 0.25) is 0 Å². The average Bonchev–Trinajstić information content (AvgIpc) is 2.72. The van der Waals surface area contributed by atoms with Gasteiger partial charge < -0.3 is 5.11 Å². The minimum atomic E-state index is -1.27. The first-order valence-corrected chi connectivity index (χ1v) is 8.63. The Labute approximate surface area is 162 Å². The normalized spacial score (nSPS) is 11.5. The molecule has 0 aromatic heterocycles. The molecule has 28 heavy (non-hydrogen) atoms. The number of hydrogen-bond donors (Lipinski definition) is 1. The predicted octanol–water partition coefficient (Wildman–Crippen LogP) is 4.54. The molecule has 0 saturated heterocycles. The quantitative estimate of drug-likeness (QED) is 0.373. The Balaban J connectivity index is 1.90. The highest BCUT2D eigenvalue weighted by Crippen LogP contribution is 2.28. The molecule has 0 saturated carbocycles. The molecular weight excluding hydrogens is 356 g/mol. The summed E-state index contributed by atoms with van der Waals surface area (Å²) < 4.78 is 0. The molecule has 0 aliphatic rings. The van der Waals surface area contributed by atoms with E-state index in [1.54, 1.807) is 54.6 Å². The van der Waals surface area contributed by atoms with Crippen LogP contribution in [0.1, 0.15) is 33.1 Å². The number of nitrogens with zero attached hydrogens (tertiary/aromatic N) is 2. The summed E-state index contributed by atoms with van der Waals surface area (Å²) in [6.07, 6.45) is 0. The molecule has 0 fully saturated rings. The maximum absolute atomic E-state index is 12.6. The summed E-state index contributed by atoms with van der Waals surface area (Å²) in [4.78, 5) is 35.8. The smallest absolute Gasteiger partial charge is 0.333 e. The lowest BCUT2D eigenvalue weighted by Gasteiger charge is -2.23. The van der Waals surface area contributed by atoms with Crippen LogP contribution in [-0.2, 0) is 4.79 Å². The number of anilines is 1. The van der Waals surface area contributed by atoms with E-state index in [1.165, 1.54) is 12.1 Å². The SMILES string of the molecule is Cc1ccc(C(=O)c2ccc(N(N=O)C(C(=O)O)c3ccccc3)cc2)cc1. The van der Waals surface area contributed by atoms with Crippen molar-refractivity contribution in [1.82, 2.24) is 0 Å². The number of carboxylic acid groups (broad SMARTS) is 1. The number of rotatable bonds is 7. The van der Waals surface area contributed by atoms with E-state index >= 15 is 0 Å². The van der Waals surface area contributed by atoms with Crippen LogP contribution in [0.4, 0.5) is 5.69 Å². The van der Waals surface area contributed by atoms with Crippen LogP contribution in [0, 0.1) is 11.8 Å². The number of aliphatic carboxylic acids is 1. The fourth-order valence-corrected chi connectivity index (χ4v) is 2.90. The zero-order valence-electron chi connectivity index (χ0n) is 15.1. The number of hydrogen-bond acceptors (Lipinski definition) is 4. The second kappa shape index (κ2) is 8.26. The molecule has 6 nitrogen and oxygen atoms in total. The minimum absolute atomic E-state index is 0.157. The van der Waals surface area contributed by atoms with E-state index in [2.05, 4.69) is 5.29 Å². The first-order valence-electron chi connectivity index (χ1n) is 8.63. The second-order valence-electron chi connectivity index (χ2n) is 6.32. The van der Waals surface area contributed by atoms with Crippen LogP contribution in [0.5, 0.6) is 0 Å². The maximum atomic E-state index is 12.6. The molecule has 3 aromatic carbocycles. The molecule has 0 amide bonds. The zero-order valence-corrected chi connectivity index (χ0v) is 15.1. The van der Waals surface area contributed by atoms with Gasteiger partial charge in [0.25, 0.3) is 0 Å². The van der Waals surface area contributed by atoms with Gasteiger partial charge in [-0.15, -0.1) is 4.91 Å². The van der Waals surface area contributed by atoms with E-state index in [0.717, 1.165) is 10.6 Å². The van der Waals surface area contributed by atoms with Crippen molar-refractivity contribution in [2.75, 3.05) is 5.01 Å². The first-order chi connectivity index (χ1) is 13.5. The van der Waals surface area contributed by atoms with Gasteiger partial charge in [-0.3, -0.25) is 4.79 Å². The Morgan fingerprint density at radius 3 is 1.89 bits per heavy atom. The summed E-state index contributed by atoms with van der Waals surface area (Å²) in [5.74, 6) is -1.36. The van der Waals surface area contributed by atoms with Crippen LogP contribution in [0.25, 0.3) is 0 Å². The third-order valence-corrected chi connectivity index (χ3v) is 4.39. The van der Waals surface area contributed by atoms with Gasteiger partial charge in [0.1, 0.15) is 0 Å². The number of nitroso groups, excluding NO2 is 1. The molecular formula is C22H18N2O4. The molecule has 1 unspecified atom stereocenters. The number of ketones is 1. The Bertz CT molecular complexity index is 983. The molecule has 1 N–H and O–H groups in total. The van der Waals surface area contributed by atoms with Crippen molar-refractivity contribution in [3.05, 3.63) is 106 Å². The topological polar surface area (TPSA) is 87.0 Å². The van der Waals surface area contributed by atoms with Gasteiger partial charge in [0, 0.05) is 11.1 Å². The van der Waals surface area contributed by atoms with Gasteiger partial charge in [0.05, 0.1) is 11.0 Å². The summed E-state index contributed by atoms with van der Waals surface area (Å²) in [6.45, 7) is 1.94. The molecule has 6 heteroatoms. The minimum Gasteiger partial charge on any atom is -0.479 e. The number of benzene rings is 3. The van der Waals surface area contributed by atoms with Gasteiger partial charge in [0.15, 0.2) is 11.8 Å². The monoisotopic (exact) mass is 374 g/mol. The first kappa shape index (κ1) is 19.0. The molecule has 3 rings (SSSR count). The van der Waals surface area contributed by atoms with Crippen LogP contribution in [0.2, 0.25) is 0 Å². The van der Waals surface area contributed by atoms with Gasteiger partial charge >= 0.3 is 5.97 Å². The Hall–Kier alpha value is -3.80. The third-order valence-electron chi connectivity index (χ3n) is 4.39. The zero-order chi connectivity index (χ0) is 20.1. The van der Waals surface area contributed by atoms with Crippen molar-refractivity contribution >= 4 is 17.4 Å². The summed E-state index contributed by atoms with van der Waals surface area (Å²) in [5, 5.41) is 13.4. The van der Waals surface area contributed by atoms with Crippen LogP contribution in [-0.4, -0.2) is 16.9 Å². The number of carboxylic acids is 1. The molecule has 3 aromatic rings. The van der Waals surface area contributed by atoms with Gasteiger partial charge in [-0.25, -0.2) is 9.80 Å². The fourth-order valence-electron chi connectivity index (χ4n) is 2.90. The lowest BCUT2D eigenvalue weighted by atomic mass is 10.0. The van der Waals surface area contributed by atoms with Crippen LogP contribution in [0.15, 0.2) is 84.1 Å². The lowest BCUT2D eigenvalue weighted by Crippen LogP contribution is -2.29. The van der Waals surface area contributed by atoms with Gasteiger partial charge in [-0.05, 0) is 36.8 Å². The average molecular weight is 374 g/mol. The summed E-state index contributed by atoms with van der Waals surface area (Å²) in [6, 6.07) is 20.5. The lowest BCUT2D eigenvalue weighted by molar-refractivity contribution is -0.138. The summed E-state index contributed by atoms with van der Waals surface area (Å²) >= 11 is 0. The number of carbonyl (C=O) groups is 2. The van der Waals surface area contributed by atoms with E-state index in [-0.39, 0.29) is 11.5 Å². The third kappa shape index (κ3) is 3.96. The van der Waals surface area contributed by atoms with Crippen LogP contribution in [0.3, 0.4) is 0 Å². The van der Waals surface area contributed by atoms with Crippen molar-refractivity contribution in [2.24, 2.45) is 5.29 Å². The highest BCUT2D eigenvalue weighted by molar-refractivity contribution is 6.09. The Morgan fingerprint density at radius 1 is 0.857 bits per heavy atom. The molecule has 0 heterocycles. The fraction of sp³-hybridized carbons (Fsp3) is 0.0909. The van der Waals surface area contributed by atoms with Crippen molar-refractivity contribution in [3.63, 3.8) is 0 Å². The maximum Gasteiger partial charge on any atom is 0.333 e. The van der Waals surface area contributed by atoms with Crippen molar-refractivity contribution < 1.29 is 14.7 Å². The summed E-state index contributed by atoms with van der Waals surface area (Å²) in [5.41, 5.74) is 2.75. The van der Waals surface area contributed by atoms with Crippen LogP contribution < -0.4 is 5.01 Å². The summed E-state index contributed by atoms with van der Waals surface area (Å²) in [7, 11) is 0.